The lowest BCUT2D eigenvalue weighted by Gasteiger charge is -2.17. The van der Waals surface area contributed by atoms with E-state index in [0.717, 1.165) is 6.54 Å². The van der Waals surface area contributed by atoms with Crippen LogP contribution in [0, 0.1) is 24.3 Å². The van der Waals surface area contributed by atoms with Gasteiger partial charge in [-0.15, -0.1) is 0 Å². The third kappa shape index (κ3) is 3.90. The Hall–Kier alpha value is -1.23. The molecule has 0 saturated heterocycles. The molecule has 0 bridgehead atoms. The van der Waals surface area contributed by atoms with E-state index in [1.165, 1.54) is 37.2 Å². The molecule has 0 fully saturated rings. The molecule has 2 aromatic carbocycles. The van der Waals surface area contributed by atoms with Crippen LogP contribution in [0.15, 0.2) is 30.3 Å². The molecular weight excluding hydrogens is 371 g/mol. The molecule has 0 unspecified atom stereocenters. The molecule has 21 heavy (non-hydrogen) atoms. The van der Waals surface area contributed by atoms with Crippen LogP contribution >= 0.6 is 22.6 Å². The van der Waals surface area contributed by atoms with Gasteiger partial charge in [0.25, 0.3) is 0 Å². The molecule has 3 heteroatoms. The highest BCUT2D eigenvalue weighted by atomic mass is 127. The van der Waals surface area contributed by atoms with Crippen LogP contribution in [-0.2, 0) is 6.54 Å². The first kappa shape index (κ1) is 16.1. The summed E-state index contributed by atoms with van der Waals surface area (Å²) in [5, 5.41) is 3.56. The van der Waals surface area contributed by atoms with Crippen LogP contribution < -0.4 is 10.2 Å². The van der Waals surface area contributed by atoms with E-state index in [1.54, 1.807) is 0 Å². The summed E-state index contributed by atoms with van der Waals surface area (Å²) in [5.74, 6) is 0. The van der Waals surface area contributed by atoms with Crippen molar-refractivity contribution >= 4 is 34.0 Å². The van der Waals surface area contributed by atoms with Crippen molar-refractivity contribution in [2.75, 3.05) is 24.3 Å². The predicted molar refractivity (Wildman–Crippen MR) is 101 cm³/mol. The van der Waals surface area contributed by atoms with Gasteiger partial charge in [-0.05, 0) is 89.9 Å². The van der Waals surface area contributed by atoms with Crippen molar-refractivity contribution in [3.63, 3.8) is 0 Å². The van der Waals surface area contributed by atoms with E-state index < -0.39 is 0 Å². The zero-order valence-corrected chi connectivity index (χ0v) is 15.6. The number of anilines is 2. The van der Waals surface area contributed by atoms with E-state index in [0.29, 0.717) is 0 Å². The van der Waals surface area contributed by atoms with E-state index in [2.05, 4.69) is 98.0 Å². The second-order valence-electron chi connectivity index (χ2n) is 5.78. The molecule has 0 aromatic heterocycles. The van der Waals surface area contributed by atoms with Crippen molar-refractivity contribution in [3.8, 4) is 0 Å². The molecular formula is C18H23IN2. The lowest BCUT2D eigenvalue weighted by molar-refractivity contribution is 1.09. The Morgan fingerprint density at radius 3 is 2.29 bits per heavy atom. The van der Waals surface area contributed by atoms with E-state index >= 15 is 0 Å². The van der Waals surface area contributed by atoms with Gasteiger partial charge >= 0.3 is 0 Å². The summed E-state index contributed by atoms with van der Waals surface area (Å²) in [5.41, 5.74) is 7.78. The maximum absolute atomic E-state index is 3.56. The maximum Gasteiger partial charge on any atom is 0.0403 e. The van der Waals surface area contributed by atoms with Crippen molar-refractivity contribution in [2.24, 2.45) is 0 Å². The van der Waals surface area contributed by atoms with E-state index in [9.17, 15) is 0 Å². The highest BCUT2D eigenvalue weighted by molar-refractivity contribution is 14.1. The molecule has 0 atom stereocenters. The van der Waals surface area contributed by atoms with E-state index in [-0.39, 0.29) is 0 Å². The van der Waals surface area contributed by atoms with Crippen molar-refractivity contribution in [1.29, 1.82) is 0 Å². The topological polar surface area (TPSA) is 15.3 Å². The fourth-order valence-corrected chi connectivity index (χ4v) is 2.97. The number of benzene rings is 2. The van der Waals surface area contributed by atoms with Gasteiger partial charge in [0.15, 0.2) is 0 Å². The Morgan fingerprint density at radius 1 is 0.952 bits per heavy atom. The number of nitrogens with zero attached hydrogens (tertiary/aromatic N) is 1. The van der Waals surface area contributed by atoms with Crippen molar-refractivity contribution in [2.45, 2.75) is 27.3 Å². The molecule has 2 nitrogen and oxygen atoms in total. The Morgan fingerprint density at radius 2 is 1.67 bits per heavy atom. The standard InChI is InChI=1S/C18H23IN2/c1-12-10-17(19)13(2)8-15(12)11-20-18-7-6-16(21(4)5)9-14(18)3/h6-10,20H,11H2,1-5H3. The smallest absolute Gasteiger partial charge is 0.0403 e. The zero-order chi connectivity index (χ0) is 15.6. The third-order valence-corrected chi connectivity index (χ3v) is 4.98. The van der Waals surface area contributed by atoms with Gasteiger partial charge in [0, 0.05) is 35.6 Å². The Kier molecular flexibility index (Phi) is 5.14. The summed E-state index contributed by atoms with van der Waals surface area (Å²) < 4.78 is 1.33. The van der Waals surface area contributed by atoms with Crippen LogP contribution in [0.2, 0.25) is 0 Å². The molecule has 0 aliphatic rings. The molecule has 0 radical (unpaired) electrons. The Bertz CT molecular complexity index is 648. The summed E-state index contributed by atoms with van der Waals surface area (Å²) in [4.78, 5) is 2.13. The highest BCUT2D eigenvalue weighted by Crippen LogP contribution is 2.23. The Balaban J connectivity index is 2.15. The van der Waals surface area contributed by atoms with Crippen LogP contribution in [0.25, 0.3) is 0 Å². The van der Waals surface area contributed by atoms with Crippen LogP contribution in [-0.4, -0.2) is 14.1 Å². The lowest BCUT2D eigenvalue weighted by atomic mass is 10.1. The molecule has 2 aromatic rings. The second-order valence-corrected chi connectivity index (χ2v) is 6.94. The van der Waals surface area contributed by atoms with Crippen LogP contribution in [0.5, 0.6) is 0 Å². The zero-order valence-electron chi connectivity index (χ0n) is 13.4. The number of nitrogens with one attached hydrogen (secondary N) is 1. The number of rotatable bonds is 4. The van der Waals surface area contributed by atoms with Crippen molar-refractivity contribution in [1.82, 2.24) is 0 Å². The monoisotopic (exact) mass is 394 g/mol. The van der Waals surface area contributed by atoms with Crippen LogP contribution in [0.3, 0.4) is 0 Å². The first-order valence-corrected chi connectivity index (χ1v) is 8.24. The quantitative estimate of drug-likeness (QED) is 0.743. The average molecular weight is 394 g/mol. The molecule has 112 valence electrons. The first-order valence-electron chi connectivity index (χ1n) is 7.16. The van der Waals surface area contributed by atoms with Gasteiger partial charge in [-0.2, -0.15) is 0 Å². The van der Waals surface area contributed by atoms with Crippen LogP contribution in [0.1, 0.15) is 22.3 Å². The Labute approximate surface area is 141 Å². The SMILES string of the molecule is Cc1cc(CNc2ccc(N(C)C)cc2C)c(C)cc1I. The van der Waals surface area contributed by atoms with Crippen LogP contribution in [0.4, 0.5) is 11.4 Å². The van der Waals surface area contributed by atoms with Crippen molar-refractivity contribution < 1.29 is 0 Å². The van der Waals surface area contributed by atoms with Gasteiger partial charge in [-0.1, -0.05) is 6.07 Å². The lowest BCUT2D eigenvalue weighted by Crippen LogP contribution is -2.09. The first-order chi connectivity index (χ1) is 9.88. The minimum absolute atomic E-state index is 0.867. The van der Waals surface area contributed by atoms with E-state index in [4.69, 9.17) is 0 Å². The van der Waals surface area contributed by atoms with Gasteiger partial charge in [0.2, 0.25) is 0 Å². The van der Waals surface area contributed by atoms with Gasteiger partial charge in [0.1, 0.15) is 0 Å². The molecule has 2 rings (SSSR count). The van der Waals surface area contributed by atoms with Gasteiger partial charge in [0.05, 0.1) is 0 Å². The largest absolute Gasteiger partial charge is 0.381 e. The molecule has 0 spiro atoms. The number of hydrogen-bond acceptors (Lipinski definition) is 2. The van der Waals surface area contributed by atoms with Crippen molar-refractivity contribution in [3.05, 3.63) is 56.2 Å². The normalized spacial score (nSPS) is 10.6. The molecule has 1 N–H and O–H groups in total. The molecule has 0 aliphatic carbocycles. The predicted octanol–water partition coefficient (Wildman–Crippen LogP) is 4.89. The molecule has 0 saturated carbocycles. The number of aryl methyl sites for hydroxylation is 3. The third-order valence-electron chi connectivity index (χ3n) is 3.81. The molecule has 0 amide bonds. The van der Waals surface area contributed by atoms with Gasteiger partial charge < -0.3 is 10.2 Å². The summed E-state index contributed by atoms with van der Waals surface area (Å²) in [6, 6.07) is 11.1. The number of hydrogen-bond donors (Lipinski definition) is 1. The minimum atomic E-state index is 0.867. The maximum atomic E-state index is 3.56. The van der Waals surface area contributed by atoms with E-state index in [1.807, 2.05) is 0 Å². The summed E-state index contributed by atoms with van der Waals surface area (Å²) >= 11 is 2.40. The van der Waals surface area contributed by atoms with Gasteiger partial charge in [-0.3, -0.25) is 0 Å². The molecule has 0 aliphatic heterocycles. The fourth-order valence-electron chi connectivity index (χ4n) is 2.35. The molecule has 0 heterocycles. The summed E-state index contributed by atoms with van der Waals surface area (Å²) in [6.07, 6.45) is 0. The highest BCUT2D eigenvalue weighted by Gasteiger charge is 2.05. The second kappa shape index (κ2) is 6.69. The fraction of sp³-hybridized carbons (Fsp3) is 0.333. The summed E-state index contributed by atoms with van der Waals surface area (Å²) in [7, 11) is 4.14. The van der Waals surface area contributed by atoms with Gasteiger partial charge in [-0.25, -0.2) is 0 Å². The average Bonchev–Trinajstić information content (AvgIpc) is 2.42. The summed E-state index contributed by atoms with van der Waals surface area (Å²) in [6.45, 7) is 7.37. The number of halogens is 1. The minimum Gasteiger partial charge on any atom is -0.381 e.